The van der Waals surface area contributed by atoms with Crippen molar-refractivity contribution >= 4 is 8.05 Å². The Bertz CT molecular complexity index is 462. The first-order chi connectivity index (χ1) is 8.24. The zero-order valence-electron chi connectivity index (χ0n) is 10.2. The second-order valence-corrected chi connectivity index (χ2v) is 4.23. The highest BCUT2D eigenvalue weighted by atomic mass is 16.4. The van der Waals surface area contributed by atoms with Gasteiger partial charge in [-0.15, -0.1) is 0 Å². The zero-order valence-corrected chi connectivity index (χ0v) is 10.2. The van der Waals surface area contributed by atoms with Crippen molar-refractivity contribution in [3.63, 3.8) is 0 Å². The van der Waals surface area contributed by atoms with Crippen LogP contribution in [-0.4, -0.2) is 8.05 Å². The maximum atomic E-state index is 5.47. The van der Waals surface area contributed by atoms with Crippen LogP contribution in [0, 0.1) is 13.8 Å². The molecule has 0 saturated heterocycles. The summed E-state index contributed by atoms with van der Waals surface area (Å²) in [4.78, 5) is 0. The van der Waals surface area contributed by atoms with Crippen LogP contribution in [0.25, 0.3) is 0 Å². The second kappa shape index (κ2) is 5.20. The van der Waals surface area contributed by atoms with Crippen LogP contribution >= 0.6 is 0 Å². The number of rotatable bonds is 3. The van der Waals surface area contributed by atoms with Crippen LogP contribution < -0.4 is 0 Å². The molecule has 2 heteroatoms. The van der Waals surface area contributed by atoms with Gasteiger partial charge in [0.25, 0.3) is 8.05 Å². The Morgan fingerprint density at radius 3 is 1.59 bits per heavy atom. The molecule has 0 fully saturated rings. The first kappa shape index (κ1) is 11.9. The van der Waals surface area contributed by atoms with Crippen LogP contribution in [0.5, 0.6) is 0 Å². The molecule has 0 amide bonds. The van der Waals surface area contributed by atoms with Crippen LogP contribution in [0.2, 0.25) is 0 Å². The van der Waals surface area contributed by atoms with Crippen LogP contribution in [0.1, 0.15) is 28.4 Å². The fraction of sp³-hybridized carbons (Fsp3) is 0.200. The third kappa shape index (κ3) is 2.42. The molecular weight excluding hydrogens is 207 g/mol. The number of benzene rings is 2. The van der Waals surface area contributed by atoms with E-state index in [4.69, 9.17) is 12.7 Å². The highest BCUT2D eigenvalue weighted by molar-refractivity contribution is 5.98. The molecule has 0 atom stereocenters. The van der Waals surface area contributed by atoms with Gasteiger partial charge in [0.1, 0.15) is 0 Å². The molecule has 2 aromatic carbocycles. The van der Waals surface area contributed by atoms with E-state index in [1.54, 1.807) is 0 Å². The lowest BCUT2D eigenvalue weighted by Crippen LogP contribution is -2.07. The Balaban J connectivity index is 2.48. The van der Waals surface area contributed by atoms with Gasteiger partial charge in [-0.25, -0.2) is 0 Å². The van der Waals surface area contributed by atoms with E-state index >= 15 is 0 Å². The molecule has 17 heavy (non-hydrogen) atoms. The first-order valence-corrected chi connectivity index (χ1v) is 5.70. The molecule has 0 N–H and O–H groups in total. The normalized spacial score (nSPS) is 10.8. The van der Waals surface area contributed by atoms with Crippen LogP contribution in [-0.2, 0) is 4.65 Å². The average Bonchev–Trinajstić information content (AvgIpc) is 2.34. The summed E-state index contributed by atoms with van der Waals surface area (Å²) in [6, 6.07) is 16.3. The molecule has 0 aliphatic carbocycles. The summed E-state index contributed by atoms with van der Waals surface area (Å²) in [7, 11) is 5.47. The predicted octanol–water partition coefficient (Wildman–Crippen LogP) is 3.49. The third-order valence-electron chi connectivity index (χ3n) is 3.08. The summed E-state index contributed by atoms with van der Waals surface area (Å²) >= 11 is 0. The van der Waals surface area contributed by atoms with Crippen molar-refractivity contribution < 1.29 is 4.65 Å². The third-order valence-corrected chi connectivity index (χ3v) is 3.08. The van der Waals surface area contributed by atoms with E-state index < -0.39 is 0 Å². The Morgan fingerprint density at radius 2 is 1.24 bits per heavy atom. The fourth-order valence-electron chi connectivity index (χ4n) is 2.08. The topological polar surface area (TPSA) is 9.23 Å². The minimum Gasteiger partial charge on any atom is -0.437 e. The average molecular weight is 222 g/mol. The van der Waals surface area contributed by atoms with Crippen molar-refractivity contribution in [1.82, 2.24) is 0 Å². The minimum atomic E-state index is -0.197. The van der Waals surface area contributed by atoms with Gasteiger partial charge in [-0.1, -0.05) is 48.5 Å². The standard InChI is InChI=1S/C15H15BO/c1-11-7-3-5-9-13(11)15(17-16)14-10-6-4-8-12(14)2/h3-10,15H,1-2H3. The summed E-state index contributed by atoms with van der Waals surface area (Å²) in [6.45, 7) is 4.14. The summed E-state index contributed by atoms with van der Waals surface area (Å²) in [5.74, 6) is 0. The maximum absolute atomic E-state index is 5.47. The van der Waals surface area contributed by atoms with Gasteiger partial charge in [-0.05, 0) is 36.1 Å². The molecular formula is C15H15BO. The van der Waals surface area contributed by atoms with E-state index in [0.717, 1.165) is 11.1 Å². The molecule has 2 aromatic rings. The van der Waals surface area contributed by atoms with Crippen molar-refractivity contribution in [3.8, 4) is 0 Å². The number of hydrogen-bond donors (Lipinski definition) is 0. The van der Waals surface area contributed by atoms with Gasteiger partial charge in [-0.3, -0.25) is 0 Å². The molecule has 0 aliphatic rings. The molecule has 84 valence electrons. The molecule has 2 radical (unpaired) electrons. The van der Waals surface area contributed by atoms with E-state index in [0.29, 0.717) is 0 Å². The summed E-state index contributed by atoms with van der Waals surface area (Å²) in [5, 5.41) is 0. The van der Waals surface area contributed by atoms with E-state index in [1.807, 2.05) is 24.3 Å². The van der Waals surface area contributed by atoms with Gasteiger partial charge in [0.2, 0.25) is 0 Å². The Hall–Kier alpha value is -1.54. The molecule has 0 aromatic heterocycles. The van der Waals surface area contributed by atoms with E-state index in [2.05, 4.69) is 38.1 Å². The van der Waals surface area contributed by atoms with Crippen molar-refractivity contribution in [3.05, 3.63) is 70.8 Å². The Morgan fingerprint density at radius 1 is 0.824 bits per heavy atom. The molecule has 1 nitrogen and oxygen atoms in total. The molecule has 0 unspecified atom stereocenters. The van der Waals surface area contributed by atoms with Crippen LogP contribution in [0.3, 0.4) is 0 Å². The van der Waals surface area contributed by atoms with E-state index in [1.165, 1.54) is 11.1 Å². The van der Waals surface area contributed by atoms with Gasteiger partial charge in [0.15, 0.2) is 0 Å². The fourth-order valence-corrected chi connectivity index (χ4v) is 2.08. The van der Waals surface area contributed by atoms with Crippen LogP contribution in [0.4, 0.5) is 0 Å². The zero-order chi connectivity index (χ0) is 12.3. The lowest BCUT2D eigenvalue weighted by atomic mass is 9.94. The lowest BCUT2D eigenvalue weighted by molar-refractivity contribution is 0.271. The van der Waals surface area contributed by atoms with Gasteiger partial charge < -0.3 is 4.65 Å². The van der Waals surface area contributed by atoms with Gasteiger partial charge in [0, 0.05) is 0 Å². The summed E-state index contributed by atoms with van der Waals surface area (Å²) < 4.78 is 5.18. The minimum absolute atomic E-state index is 0.197. The van der Waals surface area contributed by atoms with Crippen molar-refractivity contribution in [2.75, 3.05) is 0 Å². The molecule has 0 aliphatic heterocycles. The van der Waals surface area contributed by atoms with Crippen molar-refractivity contribution in [2.45, 2.75) is 20.0 Å². The van der Waals surface area contributed by atoms with Gasteiger partial charge >= 0.3 is 0 Å². The SMILES string of the molecule is [B]OC(c1ccccc1C)c1ccccc1C. The lowest BCUT2D eigenvalue weighted by Gasteiger charge is -2.21. The molecule has 0 spiro atoms. The van der Waals surface area contributed by atoms with Crippen LogP contribution in [0.15, 0.2) is 48.5 Å². The highest BCUT2D eigenvalue weighted by Gasteiger charge is 2.15. The monoisotopic (exact) mass is 222 g/mol. The maximum Gasteiger partial charge on any atom is 0.283 e. The van der Waals surface area contributed by atoms with Crippen molar-refractivity contribution in [1.29, 1.82) is 0 Å². The Labute approximate surface area is 104 Å². The molecule has 0 saturated carbocycles. The quantitative estimate of drug-likeness (QED) is 0.722. The summed E-state index contributed by atoms with van der Waals surface area (Å²) in [5.41, 5.74) is 4.60. The van der Waals surface area contributed by atoms with Gasteiger partial charge in [-0.2, -0.15) is 0 Å². The van der Waals surface area contributed by atoms with E-state index in [9.17, 15) is 0 Å². The largest absolute Gasteiger partial charge is 0.437 e. The summed E-state index contributed by atoms with van der Waals surface area (Å²) in [6.07, 6.45) is -0.197. The smallest absolute Gasteiger partial charge is 0.283 e. The van der Waals surface area contributed by atoms with E-state index in [-0.39, 0.29) is 6.10 Å². The molecule has 0 heterocycles. The molecule has 2 rings (SSSR count). The highest BCUT2D eigenvalue weighted by Crippen LogP contribution is 2.29. The second-order valence-electron chi connectivity index (χ2n) is 4.23. The molecule has 0 bridgehead atoms. The number of aryl methyl sites for hydroxylation is 2. The Kier molecular flexibility index (Phi) is 3.65. The number of hydrogen-bond acceptors (Lipinski definition) is 1. The van der Waals surface area contributed by atoms with Gasteiger partial charge in [0.05, 0.1) is 6.10 Å². The predicted molar refractivity (Wildman–Crippen MR) is 71.0 cm³/mol. The van der Waals surface area contributed by atoms with Crippen molar-refractivity contribution in [2.24, 2.45) is 0 Å². The first-order valence-electron chi connectivity index (χ1n) is 5.70.